The molecule has 1 aliphatic rings. The van der Waals surface area contributed by atoms with Crippen LogP contribution in [-0.4, -0.2) is 43.3 Å². The van der Waals surface area contributed by atoms with E-state index in [1.165, 1.54) is 23.2 Å². The fraction of sp³-hybridized carbons (Fsp3) is 0.333. The van der Waals surface area contributed by atoms with E-state index in [9.17, 15) is 22.8 Å². The van der Waals surface area contributed by atoms with E-state index in [0.29, 0.717) is 29.5 Å². The summed E-state index contributed by atoms with van der Waals surface area (Å²) in [5, 5.41) is 6.42. The Morgan fingerprint density at radius 3 is 2.75 bits per heavy atom. The number of rotatable bonds is 3. The van der Waals surface area contributed by atoms with Gasteiger partial charge in [-0.15, -0.1) is 0 Å². The summed E-state index contributed by atoms with van der Waals surface area (Å²) in [6.45, 7) is -1.10. The maximum Gasteiger partial charge on any atom is 0.406 e. The van der Waals surface area contributed by atoms with E-state index in [1.807, 2.05) is 0 Å². The van der Waals surface area contributed by atoms with Crippen molar-refractivity contribution in [2.45, 2.75) is 31.6 Å². The number of nitrogens with zero attached hydrogens (tertiary/aromatic N) is 4. The van der Waals surface area contributed by atoms with Crippen molar-refractivity contribution in [3.05, 3.63) is 58.4 Å². The van der Waals surface area contributed by atoms with Gasteiger partial charge in [-0.1, -0.05) is 12.1 Å². The first kappa shape index (κ1) is 18.2. The first-order chi connectivity index (χ1) is 13.3. The number of fused-ring (bicyclic) bond motifs is 1. The molecule has 1 aliphatic heterocycles. The van der Waals surface area contributed by atoms with Gasteiger partial charge in [-0.25, -0.2) is 4.98 Å². The molecule has 0 radical (unpaired) electrons. The third kappa shape index (κ3) is 3.25. The van der Waals surface area contributed by atoms with E-state index in [0.717, 1.165) is 0 Å². The third-order valence-corrected chi connectivity index (χ3v) is 4.77. The minimum Gasteiger partial charge on any atom is -0.327 e. The molecule has 2 aromatic heterocycles. The molecule has 1 atom stereocenters. The Balaban J connectivity index is 1.85. The number of benzene rings is 1. The second-order valence-electron chi connectivity index (χ2n) is 6.62. The molecule has 1 amide bonds. The highest BCUT2D eigenvalue weighted by molar-refractivity contribution is 5.92. The Labute approximate surface area is 156 Å². The van der Waals surface area contributed by atoms with Gasteiger partial charge in [-0.3, -0.25) is 19.3 Å². The maximum absolute atomic E-state index is 13.2. The molecule has 28 heavy (non-hydrogen) atoms. The molecular formula is C18H16F3N5O2. The van der Waals surface area contributed by atoms with Crippen LogP contribution in [0, 0.1) is 0 Å². The summed E-state index contributed by atoms with van der Waals surface area (Å²) in [4.78, 5) is 31.3. The standard InChI is InChI=1S/C18H16F3N5O2/c19-18(20,21)10-26-15(23-12-5-2-1-4-11(12)16(26)27)14-6-3-9-25(14)17(28)13-7-8-22-24-13/h1-2,4-5,7-8,14H,3,6,9-10H2,(H,22,24). The van der Waals surface area contributed by atoms with Crippen molar-refractivity contribution in [2.75, 3.05) is 6.54 Å². The summed E-state index contributed by atoms with van der Waals surface area (Å²) in [6, 6.07) is 7.03. The fourth-order valence-electron chi connectivity index (χ4n) is 3.58. The topological polar surface area (TPSA) is 83.9 Å². The van der Waals surface area contributed by atoms with Crippen LogP contribution in [0.1, 0.15) is 35.2 Å². The fourth-order valence-corrected chi connectivity index (χ4v) is 3.58. The molecule has 0 bridgehead atoms. The van der Waals surface area contributed by atoms with Gasteiger partial charge in [0, 0.05) is 12.7 Å². The Morgan fingerprint density at radius 1 is 1.25 bits per heavy atom. The predicted molar refractivity (Wildman–Crippen MR) is 93.7 cm³/mol. The van der Waals surface area contributed by atoms with Crippen LogP contribution < -0.4 is 5.56 Å². The van der Waals surface area contributed by atoms with Gasteiger partial charge in [0.25, 0.3) is 11.5 Å². The lowest BCUT2D eigenvalue weighted by Crippen LogP contribution is -2.38. The number of aromatic nitrogens is 4. The van der Waals surface area contributed by atoms with Crippen molar-refractivity contribution in [3.8, 4) is 0 Å². The normalized spacial score (nSPS) is 17.4. The van der Waals surface area contributed by atoms with E-state index < -0.39 is 24.3 Å². The molecule has 1 N–H and O–H groups in total. The summed E-state index contributed by atoms with van der Waals surface area (Å²) < 4.78 is 40.2. The number of hydrogen-bond donors (Lipinski definition) is 1. The third-order valence-electron chi connectivity index (χ3n) is 4.77. The first-order valence-corrected chi connectivity index (χ1v) is 8.72. The molecule has 7 nitrogen and oxygen atoms in total. The second-order valence-corrected chi connectivity index (χ2v) is 6.62. The van der Waals surface area contributed by atoms with Crippen molar-refractivity contribution in [3.63, 3.8) is 0 Å². The molecule has 1 unspecified atom stereocenters. The van der Waals surface area contributed by atoms with Gasteiger partial charge in [0.05, 0.1) is 16.9 Å². The molecule has 0 aliphatic carbocycles. The highest BCUT2D eigenvalue weighted by Gasteiger charge is 2.37. The minimum absolute atomic E-state index is 0.0496. The van der Waals surface area contributed by atoms with Gasteiger partial charge < -0.3 is 4.90 Å². The monoisotopic (exact) mass is 391 g/mol. The molecule has 0 spiro atoms. The average Bonchev–Trinajstić information content (AvgIpc) is 3.34. The van der Waals surface area contributed by atoms with Gasteiger partial charge in [0.2, 0.25) is 0 Å². The number of carbonyl (C=O) groups excluding carboxylic acids is 1. The largest absolute Gasteiger partial charge is 0.406 e. The van der Waals surface area contributed by atoms with Crippen LogP contribution in [0.4, 0.5) is 13.2 Å². The SMILES string of the molecule is O=C(c1ccn[nH]1)N1CCCC1c1nc2ccccc2c(=O)n1CC(F)(F)F. The number of para-hydroxylation sites is 1. The van der Waals surface area contributed by atoms with Gasteiger partial charge in [0.15, 0.2) is 0 Å². The number of amides is 1. The summed E-state index contributed by atoms with van der Waals surface area (Å²) >= 11 is 0. The van der Waals surface area contributed by atoms with Gasteiger partial charge in [-0.2, -0.15) is 18.3 Å². The Hall–Kier alpha value is -3.17. The quantitative estimate of drug-likeness (QED) is 0.744. The second kappa shape index (κ2) is 6.77. The lowest BCUT2D eigenvalue weighted by Gasteiger charge is -2.26. The molecule has 10 heteroatoms. The molecular weight excluding hydrogens is 375 g/mol. The number of nitrogens with one attached hydrogen (secondary N) is 1. The number of carbonyl (C=O) groups is 1. The van der Waals surface area contributed by atoms with Crippen LogP contribution in [0.3, 0.4) is 0 Å². The molecule has 1 aromatic carbocycles. The van der Waals surface area contributed by atoms with E-state index >= 15 is 0 Å². The molecule has 146 valence electrons. The van der Waals surface area contributed by atoms with E-state index in [4.69, 9.17) is 0 Å². The van der Waals surface area contributed by atoms with E-state index in [-0.39, 0.29) is 22.8 Å². The summed E-state index contributed by atoms with van der Waals surface area (Å²) in [7, 11) is 0. The zero-order valence-corrected chi connectivity index (χ0v) is 14.6. The maximum atomic E-state index is 13.2. The summed E-state index contributed by atoms with van der Waals surface area (Å²) in [6.07, 6.45) is -2.16. The van der Waals surface area contributed by atoms with Crippen LogP contribution in [-0.2, 0) is 6.54 Å². The molecule has 1 saturated heterocycles. The van der Waals surface area contributed by atoms with Gasteiger partial charge in [0.1, 0.15) is 18.1 Å². The zero-order valence-electron chi connectivity index (χ0n) is 14.6. The van der Waals surface area contributed by atoms with Crippen LogP contribution in [0.15, 0.2) is 41.3 Å². The number of alkyl halides is 3. The predicted octanol–water partition coefficient (Wildman–Crippen LogP) is 2.66. The van der Waals surface area contributed by atoms with Gasteiger partial charge in [-0.05, 0) is 31.0 Å². The number of aromatic amines is 1. The van der Waals surface area contributed by atoms with Crippen molar-refractivity contribution < 1.29 is 18.0 Å². The van der Waals surface area contributed by atoms with E-state index in [2.05, 4.69) is 15.2 Å². The molecule has 3 aromatic rings. The smallest absolute Gasteiger partial charge is 0.327 e. The Bertz CT molecular complexity index is 1080. The van der Waals surface area contributed by atoms with Crippen molar-refractivity contribution in [2.24, 2.45) is 0 Å². The average molecular weight is 391 g/mol. The molecule has 4 rings (SSSR count). The van der Waals surface area contributed by atoms with Gasteiger partial charge >= 0.3 is 6.18 Å². The van der Waals surface area contributed by atoms with Crippen LogP contribution in [0.25, 0.3) is 10.9 Å². The summed E-state index contributed by atoms with van der Waals surface area (Å²) in [5.74, 6) is -0.438. The van der Waals surface area contributed by atoms with Crippen molar-refractivity contribution >= 4 is 16.8 Å². The lowest BCUT2D eigenvalue weighted by molar-refractivity contribution is -0.141. The molecule has 3 heterocycles. The van der Waals surface area contributed by atoms with Crippen molar-refractivity contribution in [1.29, 1.82) is 0 Å². The lowest BCUT2D eigenvalue weighted by atomic mass is 10.1. The Morgan fingerprint density at radius 2 is 2.04 bits per heavy atom. The zero-order chi connectivity index (χ0) is 19.9. The summed E-state index contributed by atoms with van der Waals surface area (Å²) in [5.41, 5.74) is -0.224. The number of halogens is 3. The number of likely N-dealkylation sites (tertiary alicyclic amines) is 1. The molecule has 1 fully saturated rings. The highest BCUT2D eigenvalue weighted by Crippen LogP contribution is 2.33. The minimum atomic E-state index is -4.60. The van der Waals surface area contributed by atoms with Crippen molar-refractivity contribution in [1.82, 2.24) is 24.6 Å². The van der Waals surface area contributed by atoms with Crippen LogP contribution >= 0.6 is 0 Å². The number of H-pyrrole nitrogens is 1. The first-order valence-electron chi connectivity index (χ1n) is 8.72. The highest BCUT2D eigenvalue weighted by atomic mass is 19.4. The molecule has 0 saturated carbocycles. The van der Waals surface area contributed by atoms with Crippen LogP contribution in [0.5, 0.6) is 0 Å². The van der Waals surface area contributed by atoms with Crippen LogP contribution in [0.2, 0.25) is 0 Å². The number of hydrogen-bond acceptors (Lipinski definition) is 4. The Kier molecular flexibility index (Phi) is 4.40. The van der Waals surface area contributed by atoms with E-state index in [1.54, 1.807) is 18.2 Å².